The number of hydrogen-bond acceptors (Lipinski definition) is 4. The SMILES string of the molecule is c1ccc(-c2nc(-c3ccccc3)nc(-c3ccc4c(c3)nc(-c3ccccc3)c3ccc5c6ccccc6n(-c6ccccc6)c5c34)n2)cc1. The third-order valence-corrected chi connectivity index (χ3v) is 9.61. The largest absolute Gasteiger partial charge is 0.309 e. The van der Waals surface area contributed by atoms with Gasteiger partial charge < -0.3 is 4.57 Å². The lowest BCUT2D eigenvalue weighted by Crippen LogP contribution is -2.00. The summed E-state index contributed by atoms with van der Waals surface area (Å²) in [6.45, 7) is 0. The fourth-order valence-corrected chi connectivity index (χ4v) is 7.28. The molecule has 0 N–H and O–H groups in total. The van der Waals surface area contributed by atoms with Crippen LogP contribution in [0.5, 0.6) is 0 Å². The quantitative estimate of drug-likeness (QED) is 0.174. The maximum Gasteiger partial charge on any atom is 0.164 e. The Morgan fingerprint density at radius 1 is 0.353 bits per heavy atom. The van der Waals surface area contributed by atoms with Gasteiger partial charge in [0, 0.05) is 54.9 Å². The highest BCUT2D eigenvalue weighted by atomic mass is 15.0. The number of hydrogen-bond donors (Lipinski definition) is 0. The molecule has 0 aliphatic carbocycles. The van der Waals surface area contributed by atoms with Gasteiger partial charge in [-0.05, 0) is 24.3 Å². The molecule has 0 radical (unpaired) electrons. The van der Waals surface area contributed by atoms with Gasteiger partial charge >= 0.3 is 0 Å². The fraction of sp³-hybridized carbons (Fsp3) is 0. The van der Waals surface area contributed by atoms with Crippen LogP contribution in [0.15, 0.2) is 176 Å². The molecule has 5 nitrogen and oxygen atoms in total. The number of aromatic nitrogens is 5. The van der Waals surface area contributed by atoms with Gasteiger partial charge in [0.2, 0.25) is 0 Å². The van der Waals surface area contributed by atoms with Crippen LogP contribution in [0.4, 0.5) is 0 Å². The van der Waals surface area contributed by atoms with Crippen LogP contribution in [0.3, 0.4) is 0 Å². The molecule has 10 rings (SSSR count). The third kappa shape index (κ3) is 4.86. The summed E-state index contributed by atoms with van der Waals surface area (Å²) in [6, 6.07) is 60.9. The minimum absolute atomic E-state index is 0.601. The molecule has 7 aromatic carbocycles. The second kappa shape index (κ2) is 11.9. The van der Waals surface area contributed by atoms with Crippen molar-refractivity contribution in [3.8, 4) is 51.1 Å². The van der Waals surface area contributed by atoms with Crippen LogP contribution < -0.4 is 0 Å². The van der Waals surface area contributed by atoms with Gasteiger partial charge in [0.1, 0.15) is 0 Å². The summed E-state index contributed by atoms with van der Waals surface area (Å²) in [5, 5.41) is 5.75. The highest BCUT2D eigenvalue weighted by Crippen LogP contribution is 2.42. The molecule has 0 atom stereocenters. The van der Waals surface area contributed by atoms with E-state index in [9.17, 15) is 0 Å². The summed E-state index contributed by atoms with van der Waals surface area (Å²) in [7, 11) is 0. The molecule has 0 saturated heterocycles. The summed E-state index contributed by atoms with van der Waals surface area (Å²) in [5.74, 6) is 1.86. The summed E-state index contributed by atoms with van der Waals surface area (Å²) >= 11 is 0. The van der Waals surface area contributed by atoms with Crippen molar-refractivity contribution in [1.82, 2.24) is 24.5 Å². The summed E-state index contributed by atoms with van der Waals surface area (Å²) in [4.78, 5) is 20.4. The standard InChI is InChI=1S/C46H29N5/c1-5-15-30(16-6-1)42-38-28-27-36-35-23-13-14-24-40(35)51(34-21-11-4-12-22-34)43(36)41(38)37-26-25-33(29-39(37)47-42)46-49-44(31-17-7-2-8-18-31)48-45(50-46)32-19-9-3-10-20-32/h1-29H. The van der Waals surface area contributed by atoms with E-state index >= 15 is 0 Å². The van der Waals surface area contributed by atoms with Gasteiger partial charge in [-0.15, -0.1) is 0 Å². The third-order valence-electron chi connectivity index (χ3n) is 9.61. The number of benzene rings is 7. The maximum atomic E-state index is 5.40. The monoisotopic (exact) mass is 651 g/mol. The Hall–Kier alpha value is -6.98. The van der Waals surface area contributed by atoms with Gasteiger partial charge in [-0.1, -0.05) is 152 Å². The molecule has 0 spiro atoms. The van der Waals surface area contributed by atoms with E-state index in [2.05, 4.69) is 114 Å². The smallest absolute Gasteiger partial charge is 0.164 e. The van der Waals surface area contributed by atoms with Crippen molar-refractivity contribution >= 4 is 43.5 Å². The molecular weight excluding hydrogens is 623 g/mol. The molecule has 51 heavy (non-hydrogen) atoms. The first kappa shape index (κ1) is 29.0. The summed E-state index contributed by atoms with van der Waals surface area (Å²) in [5.41, 5.74) is 9.07. The molecule has 0 amide bonds. The van der Waals surface area contributed by atoms with E-state index in [-0.39, 0.29) is 0 Å². The van der Waals surface area contributed by atoms with E-state index in [1.54, 1.807) is 0 Å². The first-order chi connectivity index (χ1) is 25.3. The van der Waals surface area contributed by atoms with E-state index in [1.807, 2.05) is 66.7 Å². The highest BCUT2D eigenvalue weighted by Gasteiger charge is 2.20. The van der Waals surface area contributed by atoms with E-state index in [0.717, 1.165) is 60.8 Å². The van der Waals surface area contributed by atoms with Crippen LogP contribution in [-0.2, 0) is 0 Å². The van der Waals surface area contributed by atoms with Crippen LogP contribution >= 0.6 is 0 Å². The molecular formula is C46H29N5. The second-order valence-corrected chi connectivity index (χ2v) is 12.7. The Kier molecular flexibility index (Phi) is 6.74. The zero-order chi connectivity index (χ0) is 33.7. The van der Waals surface area contributed by atoms with Crippen LogP contribution in [0.2, 0.25) is 0 Å². The Morgan fingerprint density at radius 2 is 0.863 bits per heavy atom. The van der Waals surface area contributed by atoms with Crippen molar-refractivity contribution in [1.29, 1.82) is 0 Å². The summed E-state index contributed by atoms with van der Waals surface area (Å²) in [6.07, 6.45) is 0. The maximum absolute atomic E-state index is 5.40. The molecule has 5 heteroatoms. The molecule has 0 aliphatic heterocycles. The number of fused-ring (bicyclic) bond motifs is 7. The first-order valence-electron chi connectivity index (χ1n) is 17.1. The molecule has 10 aromatic rings. The summed E-state index contributed by atoms with van der Waals surface area (Å²) < 4.78 is 2.40. The zero-order valence-electron chi connectivity index (χ0n) is 27.5. The van der Waals surface area contributed by atoms with Crippen molar-refractivity contribution < 1.29 is 0 Å². The lowest BCUT2D eigenvalue weighted by atomic mass is 9.96. The van der Waals surface area contributed by atoms with Crippen LogP contribution in [-0.4, -0.2) is 24.5 Å². The molecule has 3 heterocycles. The van der Waals surface area contributed by atoms with Gasteiger partial charge in [-0.2, -0.15) is 0 Å². The molecule has 238 valence electrons. The van der Waals surface area contributed by atoms with E-state index < -0.39 is 0 Å². The van der Waals surface area contributed by atoms with Crippen molar-refractivity contribution in [2.75, 3.05) is 0 Å². The molecule has 0 saturated carbocycles. The lowest BCUT2D eigenvalue weighted by molar-refractivity contribution is 1.07. The number of rotatable bonds is 5. The van der Waals surface area contributed by atoms with Crippen LogP contribution in [0.25, 0.3) is 94.6 Å². The average molecular weight is 652 g/mol. The van der Waals surface area contributed by atoms with E-state index in [4.69, 9.17) is 19.9 Å². The lowest BCUT2D eigenvalue weighted by Gasteiger charge is -2.15. The molecule has 3 aromatic heterocycles. The minimum atomic E-state index is 0.601. The molecule has 0 fully saturated rings. The van der Waals surface area contributed by atoms with Crippen molar-refractivity contribution in [3.63, 3.8) is 0 Å². The fourth-order valence-electron chi connectivity index (χ4n) is 7.28. The van der Waals surface area contributed by atoms with Crippen molar-refractivity contribution in [3.05, 3.63) is 176 Å². The topological polar surface area (TPSA) is 56.5 Å². The molecule has 0 unspecified atom stereocenters. The predicted octanol–water partition coefficient (Wildman–Crippen LogP) is 11.3. The zero-order valence-corrected chi connectivity index (χ0v) is 27.5. The normalized spacial score (nSPS) is 11.5. The van der Waals surface area contributed by atoms with Crippen molar-refractivity contribution in [2.24, 2.45) is 0 Å². The number of para-hydroxylation sites is 2. The Bertz CT molecular complexity index is 2830. The van der Waals surface area contributed by atoms with Gasteiger partial charge in [-0.25, -0.2) is 19.9 Å². The number of nitrogens with zero attached hydrogens (tertiary/aromatic N) is 5. The number of pyridine rings is 1. The molecule has 0 aliphatic rings. The van der Waals surface area contributed by atoms with Gasteiger partial charge in [0.25, 0.3) is 0 Å². The van der Waals surface area contributed by atoms with Crippen LogP contribution in [0.1, 0.15) is 0 Å². The van der Waals surface area contributed by atoms with Crippen LogP contribution in [0, 0.1) is 0 Å². The van der Waals surface area contributed by atoms with E-state index in [1.165, 1.54) is 16.3 Å². The van der Waals surface area contributed by atoms with Gasteiger partial charge in [0.15, 0.2) is 17.5 Å². The average Bonchev–Trinajstić information content (AvgIpc) is 3.56. The van der Waals surface area contributed by atoms with E-state index in [0.29, 0.717) is 17.5 Å². The van der Waals surface area contributed by atoms with Gasteiger partial charge in [0.05, 0.1) is 22.2 Å². The Balaban J connectivity index is 1.30. The Morgan fingerprint density at radius 3 is 1.51 bits per heavy atom. The highest BCUT2D eigenvalue weighted by molar-refractivity contribution is 6.27. The predicted molar refractivity (Wildman–Crippen MR) is 209 cm³/mol. The van der Waals surface area contributed by atoms with Crippen molar-refractivity contribution in [2.45, 2.75) is 0 Å². The first-order valence-corrected chi connectivity index (χ1v) is 17.1. The van der Waals surface area contributed by atoms with Gasteiger partial charge in [-0.3, -0.25) is 0 Å². The molecule has 0 bridgehead atoms. The minimum Gasteiger partial charge on any atom is -0.309 e. The second-order valence-electron chi connectivity index (χ2n) is 12.7. The Labute approximate surface area is 294 Å².